The van der Waals surface area contributed by atoms with Crippen molar-refractivity contribution in [2.75, 3.05) is 36.4 Å². The van der Waals surface area contributed by atoms with Gasteiger partial charge in [-0.15, -0.1) is 0 Å². The Morgan fingerprint density at radius 3 is 2.35 bits per heavy atom. The molecule has 138 valence electrons. The number of piperazine rings is 1. The summed E-state index contributed by atoms with van der Waals surface area (Å²) >= 11 is 0. The zero-order valence-electron chi connectivity index (χ0n) is 16.0. The number of nitrogens with zero attached hydrogens (tertiary/aromatic N) is 2. The van der Waals surface area contributed by atoms with Gasteiger partial charge >= 0.3 is 0 Å². The molecule has 3 rings (SSSR count). The highest BCUT2D eigenvalue weighted by Gasteiger charge is 2.19. The summed E-state index contributed by atoms with van der Waals surface area (Å²) in [6.45, 7) is 10.9. The van der Waals surface area contributed by atoms with Gasteiger partial charge in [0, 0.05) is 49.2 Å². The van der Waals surface area contributed by atoms with Crippen LogP contribution in [0.3, 0.4) is 0 Å². The van der Waals surface area contributed by atoms with Crippen LogP contribution in [0.2, 0.25) is 0 Å². The lowest BCUT2D eigenvalue weighted by Crippen LogP contribution is -2.48. The Kier molecular flexibility index (Phi) is 5.94. The molecule has 1 heterocycles. The van der Waals surface area contributed by atoms with Crippen molar-refractivity contribution < 1.29 is 4.79 Å². The molecule has 0 atom stereocenters. The van der Waals surface area contributed by atoms with E-state index >= 15 is 0 Å². The molecule has 1 amide bonds. The van der Waals surface area contributed by atoms with Crippen LogP contribution in [-0.2, 0) is 6.42 Å². The molecule has 0 bridgehead atoms. The van der Waals surface area contributed by atoms with Gasteiger partial charge < -0.3 is 10.2 Å². The Labute approximate surface area is 156 Å². The van der Waals surface area contributed by atoms with E-state index < -0.39 is 0 Å². The first kappa shape index (κ1) is 18.5. The van der Waals surface area contributed by atoms with E-state index in [0.717, 1.165) is 38.3 Å². The van der Waals surface area contributed by atoms with Crippen LogP contribution in [0.1, 0.15) is 36.7 Å². The third-order valence-corrected chi connectivity index (χ3v) is 5.13. The van der Waals surface area contributed by atoms with E-state index in [0.29, 0.717) is 11.6 Å². The van der Waals surface area contributed by atoms with Crippen molar-refractivity contribution in [3.8, 4) is 0 Å². The molecule has 1 saturated heterocycles. The minimum atomic E-state index is -0.0607. The van der Waals surface area contributed by atoms with Crippen LogP contribution < -0.4 is 10.2 Å². The molecule has 0 unspecified atom stereocenters. The second kappa shape index (κ2) is 8.37. The van der Waals surface area contributed by atoms with Crippen LogP contribution in [0.4, 0.5) is 11.4 Å². The summed E-state index contributed by atoms with van der Waals surface area (Å²) in [6, 6.07) is 16.6. The maximum absolute atomic E-state index is 12.5. The molecule has 1 fully saturated rings. The smallest absolute Gasteiger partial charge is 0.255 e. The molecule has 2 aromatic carbocycles. The molecule has 4 heteroatoms. The summed E-state index contributed by atoms with van der Waals surface area (Å²) in [5, 5.41) is 2.99. The topological polar surface area (TPSA) is 35.6 Å². The molecule has 1 aliphatic rings. The minimum absolute atomic E-state index is 0.0607. The Morgan fingerprint density at radius 2 is 1.73 bits per heavy atom. The molecule has 26 heavy (non-hydrogen) atoms. The molecule has 0 aliphatic carbocycles. The number of benzene rings is 2. The molecule has 4 nitrogen and oxygen atoms in total. The minimum Gasteiger partial charge on any atom is -0.369 e. The van der Waals surface area contributed by atoms with E-state index in [-0.39, 0.29) is 5.91 Å². The Bertz CT molecular complexity index is 731. The number of rotatable bonds is 5. The van der Waals surface area contributed by atoms with Crippen LogP contribution in [-0.4, -0.2) is 43.0 Å². The third-order valence-electron chi connectivity index (χ3n) is 5.13. The fraction of sp³-hybridized carbons (Fsp3) is 0.409. The highest BCUT2D eigenvalue weighted by atomic mass is 16.1. The first-order chi connectivity index (χ1) is 12.6. The van der Waals surface area contributed by atoms with E-state index in [1.165, 1.54) is 11.3 Å². The number of aryl methyl sites for hydroxylation is 1. The second-order valence-electron chi connectivity index (χ2n) is 7.17. The van der Waals surface area contributed by atoms with Crippen LogP contribution in [0, 0.1) is 0 Å². The first-order valence-electron chi connectivity index (χ1n) is 9.56. The molecule has 0 saturated carbocycles. The van der Waals surface area contributed by atoms with Crippen LogP contribution >= 0.6 is 0 Å². The summed E-state index contributed by atoms with van der Waals surface area (Å²) < 4.78 is 0. The predicted molar refractivity (Wildman–Crippen MR) is 109 cm³/mol. The summed E-state index contributed by atoms with van der Waals surface area (Å²) in [5.74, 6) is -0.0607. The zero-order valence-corrected chi connectivity index (χ0v) is 16.0. The van der Waals surface area contributed by atoms with Crippen molar-refractivity contribution in [1.82, 2.24) is 4.90 Å². The molecular weight excluding hydrogens is 322 g/mol. The van der Waals surface area contributed by atoms with Gasteiger partial charge in [-0.05, 0) is 62.2 Å². The summed E-state index contributed by atoms with van der Waals surface area (Å²) in [6.07, 6.45) is 0.961. The van der Waals surface area contributed by atoms with Gasteiger partial charge in [-0.25, -0.2) is 0 Å². The van der Waals surface area contributed by atoms with Crippen molar-refractivity contribution in [3.05, 3.63) is 59.7 Å². The van der Waals surface area contributed by atoms with Crippen molar-refractivity contribution >= 4 is 17.3 Å². The molecule has 1 N–H and O–H groups in total. The summed E-state index contributed by atoms with van der Waals surface area (Å²) in [7, 11) is 0. The van der Waals surface area contributed by atoms with E-state index in [1.807, 2.05) is 30.3 Å². The van der Waals surface area contributed by atoms with Crippen molar-refractivity contribution in [2.24, 2.45) is 0 Å². The number of carbonyl (C=O) groups excluding carboxylic acids is 1. The van der Waals surface area contributed by atoms with E-state index in [2.05, 4.69) is 54.1 Å². The van der Waals surface area contributed by atoms with Crippen molar-refractivity contribution in [1.29, 1.82) is 0 Å². The summed E-state index contributed by atoms with van der Waals surface area (Å²) in [4.78, 5) is 17.4. The molecule has 2 aromatic rings. The highest BCUT2D eigenvalue weighted by Crippen LogP contribution is 2.19. The third kappa shape index (κ3) is 4.44. The van der Waals surface area contributed by atoms with Crippen molar-refractivity contribution in [3.63, 3.8) is 0 Å². The number of carbonyl (C=O) groups is 1. The molecule has 0 aromatic heterocycles. The van der Waals surface area contributed by atoms with Gasteiger partial charge in [0.25, 0.3) is 5.91 Å². The zero-order chi connectivity index (χ0) is 18.5. The van der Waals surface area contributed by atoms with Crippen LogP contribution in [0.25, 0.3) is 0 Å². The lowest BCUT2D eigenvalue weighted by Gasteiger charge is -2.38. The number of nitrogens with one attached hydrogen (secondary N) is 1. The van der Waals surface area contributed by atoms with E-state index in [9.17, 15) is 4.79 Å². The molecule has 1 aliphatic heterocycles. The van der Waals surface area contributed by atoms with Gasteiger partial charge in [0.15, 0.2) is 0 Å². The van der Waals surface area contributed by atoms with Gasteiger partial charge in [-0.1, -0.05) is 19.1 Å². The average Bonchev–Trinajstić information content (AvgIpc) is 2.68. The normalized spacial score (nSPS) is 15.3. The SMILES string of the molecule is CCc1cccc(NC(=O)c2ccc(N3CCN(C(C)C)CC3)cc2)c1. The fourth-order valence-electron chi connectivity index (χ4n) is 3.39. The summed E-state index contributed by atoms with van der Waals surface area (Å²) in [5.41, 5.74) is 3.95. The van der Waals surface area contributed by atoms with Crippen molar-refractivity contribution in [2.45, 2.75) is 33.2 Å². The van der Waals surface area contributed by atoms with E-state index in [4.69, 9.17) is 0 Å². The monoisotopic (exact) mass is 351 g/mol. The highest BCUT2D eigenvalue weighted by molar-refractivity contribution is 6.04. The second-order valence-corrected chi connectivity index (χ2v) is 7.17. The standard InChI is InChI=1S/C22H29N3O/c1-4-18-6-5-7-20(16-18)23-22(26)19-8-10-21(11-9-19)25-14-12-24(13-15-25)17(2)3/h5-11,16-17H,4,12-15H2,1-3H3,(H,23,26). The maximum Gasteiger partial charge on any atom is 0.255 e. The molecule has 0 radical (unpaired) electrons. The molecular formula is C22H29N3O. The van der Waals surface area contributed by atoms with Crippen LogP contribution in [0.5, 0.6) is 0 Å². The van der Waals surface area contributed by atoms with Gasteiger partial charge in [0.05, 0.1) is 0 Å². The largest absolute Gasteiger partial charge is 0.369 e. The Hall–Kier alpha value is -2.33. The predicted octanol–water partition coefficient (Wildman–Crippen LogP) is 4.03. The fourth-order valence-corrected chi connectivity index (χ4v) is 3.39. The van der Waals surface area contributed by atoms with Gasteiger partial charge in [-0.3, -0.25) is 9.69 Å². The van der Waals surface area contributed by atoms with Gasteiger partial charge in [-0.2, -0.15) is 0 Å². The van der Waals surface area contributed by atoms with Crippen LogP contribution in [0.15, 0.2) is 48.5 Å². The maximum atomic E-state index is 12.5. The Morgan fingerprint density at radius 1 is 1.04 bits per heavy atom. The van der Waals surface area contributed by atoms with Gasteiger partial charge in [0.2, 0.25) is 0 Å². The number of amides is 1. The number of hydrogen-bond donors (Lipinski definition) is 1. The average molecular weight is 351 g/mol. The van der Waals surface area contributed by atoms with E-state index in [1.54, 1.807) is 0 Å². The van der Waals surface area contributed by atoms with Gasteiger partial charge in [0.1, 0.15) is 0 Å². The first-order valence-corrected chi connectivity index (χ1v) is 9.56. The number of anilines is 2. The number of hydrogen-bond acceptors (Lipinski definition) is 3. The Balaban J connectivity index is 1.61. The lowest BCUT2D eigenvalue weighted by molar-refractivity contribution is 0.102. The quantitative estimate of drug-likeness (QED) is 0.883. The molecule has 0 spiro atoms. The lowest BCUT2D eigenvalue weighted by atomic mass is 10.1.